The second-order valence-electron chi connectivity index (χ2n) is 11.2. The Kier molecular flexibility index (Phi) is 7.23. The molecule has 3 heterocycles. The number of nitrogens with zero attached hydrogens (tertiary/aromatic N) is 5. The summed E-state index contributed by atoms with van der Waals surface area (Å²) in [4.78, 5) is 40.0. The molecule has 39 heavy (non-hydrogen) atoms. The molecule has 1 amide bonds. The van der Waals surface area contributed by atoms with E-state index in [0.717, 1.165) is 52.7 Å². The minimum absolute atomic E-state index is 0.0759. The largest absolute Gasteiger partial charge is 0.284 e. The molecule has 3 fully saturated rings. The average molecular weight is 544 g/mol. The molecule has 1 aromatic carbocycles. The second-order valence-corrected chi connectivity index (χ2v) is 12.2. The van der Waals surface area contributed by atoms with E-state index in [1.807, 2.05) is 60.7 Å². The number of aromatic nitrogens is 3. The number of amidine groups is 1. The van der Waals surface area contributed by atoms with Gasteiger partial charge in [-0.2, -0.15) is 4.68 Å². The predicted molar refractivity (Wildman–Crippen MR) is 159 cm³/mol. The number of amides is 1. The van der Waals surface area contributed by atoms with Crippen LogP contribution in [0.3, 0.4) is 0 Å². The number of carbonyl (C=O) groups is 1. The molecule has 8 heteroatoms. The van der Waals surface area contributed by atoms with Gasteiger partial charge in [-0.15, -0.1) is 0 Å². The highest BCUT2D eigenvalue weighted by Crippen LogP contribution is 2.39. The van der Waals surface area contributed by atoms with E-state index in [-0.39, 0.29) is 17.5 Å². The summed E-state index contributed by atoms with van der Waals surface area (Å²) in [6.07, 6.45) is 13.7. The van der Waals surface area contributed by atoms with Gasteiger partial charge >= 0.3 is 0 Å². The first kappa shape index (κ1) is 26.1. The summed E-state index contributed by atoms with van der Waals surface area (Å²) in [7, 11) is 0. The molecule has 0 radical (unpaired) electrons. The number of fused-ring (bicyclic) bond motifs is 1. The van der Waals surface area contributed by atoms with Crippen molar-refractivity contribution in [3.8, 4) is 0 Å². The van der Waals surface area contributed by atoms with Gasteiger partial charge in [0.2, 0.25) is 0 Å². The smallest absolute Gasteiger partial charge is 0.280 e. The molecule has 2 aliphatic carbocycles. The summed E-state index contributed by atoms with van der Waals surface area (Å²) in [6.45, 7) is 5.85. The van der Waals surface area contributed by atoms with E-state index in [2.05, 4.69) is 6.07 Å². The highest BCUT2D eigenvalue weighted by atomic mass is 32.2. The van der Waals surface area contributed by atoms with Crippen LogP contribution in [-0.2, 0) is 4.79 Å². The Bertz CT molecular complexity index is 1540. The topological polar surface area (TPSA) is 72.5 Å². The van der Waals surface area contributed by atoms with Gasteiger partial charge in [-0.25, -0.2) is 4.98 Å². The van der Waals surface area contributed by atoms with E-state index >= 15 is 0 Å². The molecule has 0 bridgehead atoms. The lowest BCUT2D eigenvalue weighted by Gasteiger charge is -2.31. The lowest BCUT2D eigenvalue weighted by molar-refractivity contribution is -0.124. The van der Waals surface area contributed by atoms with Gasteiger partial charge in [0.05, 0.1) is 21.8 Å². The summed E-state index contributed by atoms with van der Waals surface area (Å²) in [5.74, 6) is 0.698. The number of rotatable bonds is 4. The van der Waals surface area contributed by atoms with Gasteiger partial charge in [-0.05, 0) is 88.1 Å². The van der Waals surface area contributed by atoms with Crippen molar-refractivity contribution in [2.75, 3.05) is 0 Å². The summed E-state index contributed by atoms with van der Waals surface area (Å²) in [6, 6.07) is 10.1. The Labute approximate surface area is 234 Å². The van der Waals surface area contributed by atoms with Crippen LogP contribution in [0.4, 0.5) is 0 Å². The van der Waals surface area contributed by atoms with Crippen molar-refractivity contribution in [2.45, 2.75) is 97.1 Å². The Morgan fingerprint density at radius 3 is 2.36 bits per heavy atom. The van der Waals surface area contributed by atoms with Crippen LogP contribution in [0.25, 0.3) is 17.0 Å². The zero-order valence-corrected chi connectivity index (χ0v) is 24.0. The van der Waals surface area contributed by atoms with Crippen molar-refractivity contribution in [1.82, 2.24) is 19.2 Å². The molecule has 0 spiro atoms. The first-order valence-electron chi connectivity index (χ1n) is 14.4. The fourth-order valence-corrected chi connectivity index (χ4v) is 7.55. The summed E-state index contributed by atoms with van der Waals surface area (Å²) >= 11 is 1.53. The highest BCUT2D eigenvalue weighted by molar-refractivity contribution is 8.18. The standard InChI is InChI=1S/C31H37N5O2S/c1-20-18-23(21(2)35(20)36-22(3)32-27-17-11-10-16-26(27)29(36)37)19-28-30(38)34(25-14-8-5-9-15-25)31(39-28)33-24-12-6-4-7-13-24/h10-11,16-19,24-25H,4-9,12-15H2,1-3H3. The van der Waals surface area contributed by atoms with E-state index in [4.69, 9.17) is 9.98 Å². The first-order chi connectivity index (χ1) is 18.9. The number of carbonyl (C=O) groups excluding carboxylic acids is 1. The zero-order chi connectivity index (χ0) is 27.1. The van der Waals surface area contributed by atoms with Crippen molar-refractivity contribution < 1.29 is 4.79 Å². The molecule has 3 aromatic rings. The van der Waals surface area contributed by atoms with Crippen LogP contribution in [0.1, 0.15) is 87.0 Å². The van der Waals surface area contributed by atoms with Gasteiger partial charge in [0.15, 0.2) is 5.17 Å². The lowest BCUT2D eigenvalue weighted by atomic mass is 9.94. The number of hydrogen-bond donors (Lipinski definition) is 0. The molecule has 0 N–H and O–H groups in total. The Hall–Kier alpha value is -3.13. The van der Waals surface area contributed by atoms with Gasteiger partial charge < -0.3 is 0 Å². The predicted octanol–water partition coefficient (Wildman–Crippen LogP) is 6.37. The molecule has 6 rings (SSSR count). The summed E-state index contributed by atoms with van der Waals surface area (Å²) in [5.41, 5.74) is 3.34. The van der Waals surface area contributed by atoms with Crippen molar-refractivity contribution >= 4 is 39.8 Å². The maximum absolute atomic E-state index is 13.9. The van der Waals surface area contributed by atoms with E-state index in [0.29, 0.717) is 22.8 Å². The van der Waals surface area contributed by atoms with E-state index in [1.165, 1.54) is 50.3 Å². The molecule has 3 aliphatic rings. The molecule has 2 aromatic heterocycles. The third kappa shape index (κ3) is 4.88. The van der Waals surface area contributed by atoms with Crippen LogP contribution in [0.2, 0.25) is 0 Å². The fourth-order valence-electron chi connectivity index (χ4n) is 6.45. The minimum Gasteiger partial charge on any atom is -0.284 e. The molecule has 204 valence electrons. The van der Waals surface area contributed by atoms with Crippen LogP contribution in [0, 0.1) is 20.8 Å². The average Bonchev–Trinajstić information content (AvgIpc) is 3.39. The summed E-state index contributed by atoms with van der Waals surface area (Å²) in [5, 5.41) is 1.48. The van der Waals surface area contributed by atoms with E-state index < -0.39 is 0 Å². The van der Waals surface area contributed by atoms with Crippen molar-refractivity contribution in [2.24, 2.45) is 4.99 Å². The van der Waals surface area contributed by atoms with Crippen LogP contribution in [-0.4, -0.2) is 42.4 Å². The number of thioether (sulfide) groups is 1. The lowest BCUT2D eigenvalue weighted by Crippen LogP contribution is -2.41. The SMILES string of the molecule is Cc1cc(C=C2SC(=NC3CCCCC3)N(C3CCCCC3)C2=O)c(C)n1-n1c(C)nc2ccccc2c1=O. The van der Waals surface area contributed by atoms with Gasteiger partial charge in [0.25, 0.3) is 11.5 Å². The molecule has 7 nitrogen and oxygen atoms in total. The maximum Gasteiger partial charge on any atom is 0.280 e. The number of para-hydroxylation sites is 1. The van der Waals surface area contributed by atoms with Gasteiger partial charge in [0, 0.05) is 17.4 Å². The molecule has 2 saturated carbocycles. The van der Waals surface area contributed by atoms with Gasteiger partial charge in [0.1, 0.15) is 5.82 Å². The van der Waals surface area contributed by atoms with Crippen LogP contribution >= 0.6 is 11.8 Å². The quantitative estimate of drug-likeness (QED) is 0.358. The minimum atomic E-state index is -0.101. The van der Waals surface area contributed by atoms with E-state index in [1.54, 1.807) is 4.68 Å². The van der Waals surface area contributed by atoms with Crippen LogP contribution < -0.4 is 5.56 Å². The number of hydrogen-bond acceptors (Lipinski definition) is 5. The highest BCUT2D eigenvalue weighted by Gasteiger charge is 2.39. The zero-order valence-electron chi connectivity index (χ0n) is 23.2. The normalized spacial score (nSPS) is 21.6. The third-order valence-electron chi connectivity index (χ3n) is 8.48. The van der Waals surface area contributed by atoms with Gasteiger partial charge in [-0.1, -0.05) is 50.7 Å². The Morgan fingerprint density at radius 2 is 1.62 bits per heavy atom. The molecule has 0 unspecified atom stereocenters. The first-order valence-corrected chi connectivity index (χ1v) is 15.2. The van der Waals surface area contributed by atoms with Crippen LogP contribution in [0.15, 0.2) is 45.0 Å². The second kappa shape index (κ2) is 10.8. The Morgan fingerprint density at radius 1 is 0.923 bits per heavy atom. The van der Waals surface area contributed by atoms with Gasteiger partial charge in [-0.3, -0.25) is 24.2 Å². The third-order valence-corrected chi connectivity index (χ3v) is 9.48. The molecular formula is C31H37N5O2S. The van der Waals surface area contributed by atoms with Crippen LogP contribution in [0.5, 0.6) is 0 Å². The fraction of sp³-hybridized carbons (Fsp3) is 0.484. The molecule has 1 aliphatic heterocycles. The number of aryl methyl sites for hydroxylation is 2. The van der Waals surface area contributed by atoms with Crippen molar-refractivity contribution in [3.05, 3.63) is 68.4 Å². The van der Waals surface area contributed by atoms with E-state index in [9.17, 15) is 9.59 Å². The van der Waals surface area contributed by atoms with Crippen molar-refractivity contribution in [1.29, 1.82) is 0 Å². The number of aliphatic imine (C=N–C) groups is 1. The number of benzene rings is 1. The Balaban J connectivity index is 1.39. The molecule has 1 saturated heterocycles. The molecular weight excluding hydrogens is 506 g/mol. The monoisotopic (exact) mass is 543 g/mol. The maximum atomic E-state index is 13.9. The van der Waals surface area contributed by atoms with Crippen molar-refractivity contribution in [3.63, 3.8) is 0 Å². The summed E-state index contributed by atoms with van der Waals surface area (Å²) < 4.78 is 3.56. The molecule has 0 atom stereocenters.